The summed E-state index contributed by atoms with van der Waals surface area (Å²) in [6.07, 6.45) is 5.69. The van der Waals surface area contributed by atoms with E-state index in [1.807, 2.05) is 42.6 Å². The number of carbonyl (C=O) groups excluding carboxylic acids is 1. The standard InChI is InChI=1S/C30H33N7O5S/c38-27(24-10-6-11-26-25(24)20-34-36-26)35-30(28(39)40,16-4-5-17-31-29-32-18-7-19-33-29)37-43(41,42)23-14-12-22(13-15-23)21-8-2-1-3-9-21/h1-3,6-15,18,20,29,31-33,37H,4-5,16-17,19H2,(H,34,36)(H,35,38)(H,39,40). The zero-order valence-electron chi connectivity index (χ0n) is 23.2. The first-order valence-corrected chi connectivity index (χ1v) is 15.3. The summed E-state index contributed by atoms with van der Waals surface area (Å²) in [4.78, 5) is 26.2. The molecule has 3 aromatic carbocycles. The Bertz CT molecular complexity index is 1710. The van der Waals surface area contributed by atoms with Crippen LogP contribution in [0.2, 0.25) is 0 Å². The second-order valence-electron chi connectivity index (χ2n) is 10.1. The highest BCUT2D eigenvalue weighted by Crippen LogP contribution is 2.24. The first kappa shape index (κ1) is 29.9. The molecule has 1 aliphatic heterocycles. The fraction of sp³-hybridized carbons (Fsp3) is 0.233. The molecule has 43 heavy (non-hydrogen) atoms. The third-order valence-corrected chi connectivity index (χ3v) is 8.66. The van der Waals surface area contributed by atoms with Gasteiger partial charge in [-0.25, -0.2) is 13.2 Å². The molecule has 12 nitrogen and oxygen atoms in total. The average molecular weight is 604 g/mol. The molecule has 2 heterocycles. The van der Waals surface area contributed by atoms with Gasteiger partial charge in [0.1, 0.15) is 6.29 Å². The van der Waals surface area contributed by atoms with Crippen molar-refractivity contribution in [3.8, 4) is 11.1 Å². The Kier molecular flexibility index (Phi) is 9.16. The maximum absolute atomic E-state index is 13.6. The number of fused-ring (bicyclic) bond motifs is 1. The van der Waals surface area contributed by atoms with E-state index in [0.717, 1.165) is 11.1 Å². The summed E-state index contributed by atoms with van der Waals surface area (Å²) in [6, 6.07) is 20.5. The van der Waals surface area contributed by atoms with Gasteiger partial charge in [0.15, 0.2) is 0 Å². The number of aliphatic carboxylic acids is 1. The second kappa shape index (κ2) is 13.2. The van der Waals surface area contributed by atoms with Crippen molar-refractivity contribution in [2.24, 2.45) is 0 Å². The Morgan fingerprint density at radius 2 is 1.74 bits per heavy atom. The normalized spacial score (nSPS) is 16.3. The minimum Gasteiger partial charge on any atom is -0.478 e. The van der Waals surface area contributed by atoms with Gasteiger partial charge in [-0.2, -0.15) is 9.82 Å². The minimum absolute atomic E-state index is 0.131. The van der Waals surface area contributed by atoms with Crippen LogP contribution >= 0.6 is 0 Å². The summed E-state index contributed by atoms with van der Waals surface area (Å²) in [7, 11) is -4.39. The molecule has 0 saturated carbocycles. The van der Waals surface area contributed by atoms with Gasteiger partial charge in [0.2, 0.25) is 15.7 Å². The van der Waals surface area contributed by atoms with Crippen LogP contribution in [0.25, 0.3) is 22.0 Å². The van der Waals surface area contributed by atoms with Gasteiger partial charge >= 0.3 is 5.97 Å². The van der Waals surface area contributed by atoms with Gasteiger partial charge in [-0.3, -0.25) is 20.5 Å². The molecule has 0 radical (unpaired) electrons. The van der Waals surface area contributed by atoms with E-state index in [2.05, 4.69) is 36.2 Å². The summed E-state index contributed by atoms with van der Waals surface area (Å²) in [5.74, 6) is -2.28. The molecule has 1 amide bonds. The van der Waals surface area contributed by atoms with E-state index in [1.54, 1.807) is 24.3 Å². The van der Waals surface area contributed by atoms with E-state index >= 15 is 0 Å². The maximum atomic E-state index is 13.6. The number of carboxylic acid groups (broad SMARTS) is 1. The highest BCUT2D eigenvalue weighted by atomic mass is 32.2. The molecule has 0 fully saturated rings. The molecule has 0 bridgehead atoms. The number of H-pyrrole nitrogens is 1. The molecule has 0 spiro atoms. The fourth-order valence-corrected chi connectivity index (χ4v) is 6.19. The molecule has 1 aliphatic rings. The van der Waals surface area contributed by atoms with Crippen molar-refractivity contribution in [2.45, 2.75) is 36.1 Å². The lowest BCUT2D eigenvalue weighted by Crippen LogP contribution is -2.65. The Hall–Kier alpha value is -4.56. The zero-order valence-corrected chi connectivity index (χ0v) is 24.0. The summed E-state index contributed by atoms with van der Waals surface area (Å²) in [5, 5.41) is 29.7. The molecule has 2 atom stereocenters. The van der Waals surface area contributed by atoms with Crippen molar-refractivity contribution in [1.29, 1.82) is 0 Å². The SMILES string of the molecule is O=C(NC(CCCCNC1NC=CCN1)(NS(=O)(=O)c1ccc(-c2ccccc2)cc1)C(=O)O)c1cccc2[nH]ncc12. The highest BCUT2D eigenvalue weighted by Gasteiger charge is 2.44. The second-order valence-corrected chi connectivity index (χ2v) is 11.8. The van der Waals surface area contributed by atoms with Gasteiger partial charge in [-0.15, -0.1) is 0 Å². The Morgan fingerprint density at radius 3 is 2.47 bits per heavy atom. The summed E-state index contributed by atoms with van der Waals surface area (Å²) < 4.78 is 29.5. The molecule has 13 heteroatoms. The largest absolute Gasteiger partial charge is 0.478 e. The van der Waals surface area contributed by atoms with Crippen LogP contribution in [0.4, 0.5) is 0 Å². The van der Waals surface area contributed by atoms with E-state index in [0.29, 0.717) is 30.4 Å². The number of benzene rings is 3. The first-order chi connectivity index (χ1) is 20.8. The van der Waals surface area contributed by atoms with Crippen LogP contribution in [0, 0.1) is 0 Å². The maximum Gasteiger partial charge on any atom is 0.345 e. The quantitative estimate of drug-likeness (QED) is 0.0894. The fourth-order valence-electron chi connectivity index (χ4n) is 4.88. The number of nitrogens with zero attached hydrogens (tertiary/aromatic N) is 1. The van der Waals surface area contributed by atoms with Crippen LogP contribution in [-0.4, -0.2) is 60.6 Å². The van der Waals surface area contributed by atoms with Crippen LogP contribution in [0.3, 0.4) is 0 Å². The van der Waals surface area contributed by atoms with Gasteiger partial charge in [0.25, 0.3) is 5.91 Å². The number of aromatic nitrogens is 2. The third-order valence-electron chi connectivity index (χ3n) is 7.15. The molecule has 7 N–H and O–H groups in total. The number of sulfonamides is 1. The average Bonchev–Trinajstić information content (AvgIpc) is 3.51. The number of aromatic amines is 1. The molecule has 224 valence electrons. The predicted molar refractivity (Wildman–Crippen MR) is 162 cm³/mol. The highest BCUT2D eigenvalue weighted by molar-refractivity contribution is 7.89. The Balaban J connectivity index is 1.38. The van der Waals surface area contributed by atoms with Crippen molar-refractivity contribution >= 4 is 32.8 Å². The van der Waals surface area contributed by atoms with Crippen LogP contribution < -0.4 is 26.0 Å². The number of nitrogens with one attached hydrogen (secondary N) is 6. The van der Waals surface area contributed by atoms with Gasteiger partial charge in [-0.05, 0) is 67.4 Å². The van der Waals surface area contributed by atoms with Crippen molar-refractivity contribution in [2.75, 3.05) is 13.1 Å². The molecule has 1 aromatic heterocycles. The number of carbonyl (C=O) groups is 2. The number of rotatable bonds is 13. The van der Waals surface area contributed by atoms with Crippen LogP contribution in [0.1, 0.15) is 29.6 Å². The Labute approximate surface area is 249 Å². The number of unbranched alkanes of at least 4 members (excludes halogenated alkanes) is 1. The molecule has 4 aromatic rings. The molecule has 2 unspecified atom stereocenters. The molecule has 0 aliphatic carbocycles. The number of hydrogen-bond donors (Lipinski definition) is 7. The van der Waals surface area contributed by atoms with Crippen LogP contribution in [0.15, 0.2) is 96.2 Å². The topological polar surface area (TPSA) is 177 Å². The van der Waals surface area contributed by atoms with Crippen molar-refractivity contribution in [1.82, 2.24) is 36.2 Å². The summed E-state index contributed by atoms with van der Waals surface area (Å²) in [6.45, 7) is 1.22. The van der Waals surface area contributed by atoms with Crippen LogP contribution in [-0.2, 0) is 14.8 Å². The monoisotopic (exact) mass is 603 g/mol. The number of hydrogen-bond acceptors (Lipinski definition) is 8. The smallest absolute Gasteiger partial charge is 0.345 e. The number of carboxylic acids is 1. The molecule has 5 rings (SSSR count). The molecular formula is C30H33N7O5S. The first-order valence-electron chi connectivity index (χ1n) is 13.8. The van der Waals surface area contributed by atoms with E-state index in [4.69, 9.17) is 0 Å². The van der Waals surface area contributed by atoms with Crippen molar-refractivity contribution in [3.05, 3.63) is 96.8 Å². The lowest BCUT2D eigenvalue weighted by atomic mass is 10.0. The van der Waals surface area contributed by atoms with E-state index < -0.39 is 27.6 Å². The third kappa shape index (κ3) is 7.09. The zero-order chi connectivity index (χ0) is 30.3. The van der Waals surface area contributed by atoms with Crippen molar-refractivity contribution < 1.29 is 23.1 Å². The predicted octanol–water partition coefficient (Wildman–Crippen LogP) is 2.47. The van der Waals surface area contributed by atoms with E-state index in [1.165, 1.54) is 24.4 Å². The van der Waals surface area contributed by atoms with Crippen molar-refractivity contribution in [3.63, 3.8) is 0 Å². The van der Waals surface area contributed by atoms with Gasteiger partial charge in [0.05, 0.1) is 22.2 Å². The van der Waals surface area contributed by atoms with Gasteiger partial charge in [0, 0.05) is 11.9 Å². The lowest BCUT2D eigenvalue weighted by molar-refractivity contribution is -0.145. The van der Waals surface area contributed by atoms with Gasteiger partial charge in [-0.1, -0.05) is 54.6 Å². The summed E-state index contributed by atoms with van der Waals surface area (Å²) in [5.41, 5.74) is 0.119. The van der Waals surface area contributed by atoms with Gasteiger partial charge < -0.3 is 15.7 Å². The Morgan fingerprint density at radius 1 is 0.977 bits per heavy atom. The summed E-state index contributed by atoms with van der Waals surface area (Å²) >= 11 is 0. The molecule has 0 saturated heterocycles. The van der Waals surface area contributed by atoms with E-state index in [9.17, 15) is 23.1 Å². The minimum atomic E-state index is -4.39. The van der Waals surface area contributed by atoms with Crippen LogP contribution in [0.5, 0.6) is 0 Å². The lowest BCUT2D eigenvalue weighted by Gasteiger charge is -2.31. The number of amides is 1. The molecular weight excluding hydrogens is 570 g/mol. The van der Waals surface area contributed by atoms with E-state index in [-0.39, 0.29) is 29.6 Å².